The molecule has 0 heterocycles. The van der Waals surface area contributed by atoms with E-state index in [9.17, 15) is 0 Å². The third-order valence-corrected chi connectivity index (χ3v) is 79.3. The van der Waals surface area contributed by atoms with Crippen LogP contribution in [0.1, 0.15) is 48.1 Å². The second-order valence-electron chi connectivity index (χ2n) is 11.9. The Morgan fingerprint density at radius 3 is 1.80 bits per heavy atom. The van der Waals surface area contributed by atoms with Crippen LogP contribution in [0.2, 0.25) is 26.1 Å². The molecule has 0 N–H and O–H groups in total. The van der Waals surface area contributed by atoms with E-state index in [1.807, 2.05) is 0 Å². The van der Waals surface area contributed by atoms with Crippen LogP contribution in [0.25, 0.3) is 11.6 Å². The van der Waals surface area contributed by atoms with Gasteiger partial charge in [-0.05, 0) is 0 Å². The van der Waals surface area contributed by atoms with Crippen molar-refractivity contribution in [1.82, 2.24) is 0 Å². The van der Waals surface area contributed by atoms with E-state index in [0.717, 1.165) is 27.3 Å². The molecule has 5 atom stereocenters. The van der Waals surface area contributed by atoms with E-state index in [2.05, 4.69) is 111 Å². The molecular formula is C28H41HfSi. The van der Waals surface area contributed by atoms with Crippen molar-refractivity contribution in [2.75, 3.05) is 0 Å². The minimum atomic E-state index is -3.45. The number of hydrogen-bond donors (Lipinski definition) is 0. The van der Waals surface area contributed by atoms with Crippen molar-refractivity contribution in [3.05, 3.63) is 71.3 Å². The van der Waals surface area contributed by atoms with Gasteiger partial charge in [-0.1, -0.05) is 0 Å². The summed E-state index contributed by atoms with van der Waals surface area (Å²) in [6.45, 7) is 15.7. The van der Waals surface area contributed by atoms with Crippen LogP contribution in [0, 0.1) is 23.7 Å². The maximum absolute atomic E-state index is 3.45. The van der Waals surface area contributed by atoms with Crippen LogP contribution in [0.3, 0.4) is 0 Å². The molecule has 0 amide bonds. The van der Waals surface area contributed by atoms with E-state index >= 15 is 0 Å². The van der Waals surface area contributed by atoms with Gasteiger partial charge in [0.05, 0.1) is 0 Å². The zero-order valence-corrected chi connectivity index (χ0v) is 25.1. The van der Waals surface area contributed by atoms with Gasteiger partial charge in [0.25, 0.3) is 0 Å². The second kappa shape index (κ2) is 7.69. The van der Waals surface area contributed by atoms with Gasteiger partial charge in [0.15, 0.2) is 0 Å². The van der Waals surface area contributed by atoms with Crippen molar-refractivity contribution in [1.29, 1.82) is 0 Å². The van der Waals surface area contributed by atoms with Crippen LogP contribution in [0.15, 0.2) is 54.6 Å². The molecule has 0 nitrogen and oxygen atoms in total. The van der Waals surface area contributed by atoms with Gasteiger partial charge < -0.3 is 0 Å². The molecule has 2 aromatic carbocycles. The number of rotatable bonds is 4. The maximum atomic E-state index is 2.92. The topological polar surface area (TPSA) is 0 Å². The molecule has 1 fully saturated rings. The van der Waals surface area contributed by atoms with Gasteiger partial charge >= 0.3 is 188 Å². The van der Waals surface area contributed by atoms with Crippen LogP contribution >= 0.6 is 0 Å². The van der Waals surface area contributed by atoms with Crippen molar-refractivity contribution < 1.29 is 17.7 Å². The summed E-state index contributed by atoms with van der Waals surface area (Å²) in [6, 6.07) is 20.7. The van der Waals surface area contributed by atoms with Crippen LogP contribution in [0.5, 0.6) is 0 Å². The fourth-order valence-corrected chi connectivity index (χ4v) is 57.0. The van der Waals surface area contributed by atoms with E-state index in [1.54, 1.807) is 11.1 Å². The van der Waals surface area contributed by atoms with Crippen LogP contribution in [-0.4, -0.2) is 5.98 Å². The summed E-state index contributed by atoms with van der Waals surface area (Å²) < 4.78 is 7.46. The molecule has 2 aliphatic carbocycles. The first-order chi connectivity index (χ1) is 14.1. The van der Waals surface area contributed by atoms with Gasteiger partial charge in [-0.15, -0.1) is 0 Å². The Morgan fingerprint density at radius 1 is 0.700 bits per heavy atom. The number of hydrogen-bond acceptors (Lipinski definition) is 0. The van der Waals surface area contributed by atoms with Crippen molar-refractivity contribution in [3.8, 4) is 0 Å². The summed E-state index contributed by atoms with van der Waals surface area (Å²) in [4.78, 5) is 0. The Labute approximate surface area is 186 Å². The molecule has 30 heavy (non-hydrogen) atoms. The average molecular weight is 584 g/mol. The van der Waals surface area contributed by atoms with E-state index in [4.69, 9.17) is 0 Å². The Bertz CT molecular complexity index is 944. The SMILES string of the molecule is CC1C(C)C(C)[CH]([Hf]([CH3])([CH3])([CH]2C(c3ccccc3)=Cc3ccccc32)[SiH](C)C)C1C. The monoisotopic (exact) mass is 585 g/mol. The summed E-state index contributed by atoms with van der Waals surface area (Å²) >= 11 is -3.45. The average Bonchev–Trinajstić information content (AvgIpc) is 3.21. The number of allylic oxidation sites excluding steroid dienone is 1. The molecule has 2 aromatic rings. The molecule has 0 aliphatic heterocycles. The van der Waals surface area contributed by atoms with Crippen molar-refractivity contribution in [2.45, 2.75) is 57.5 Å². The molecule has 4 rings (SSSR count). The predicted octanol–water partition coefficient (Wildman–Crippen LogP) is 8.40. The van der Waals surface area contributed by atoms with Crippen molar-refractivity contribution in [3.63, 3.8) is 0 Å². The van der Waals surface area contributed by atoms with Gasteiger partial charge in [0, 0.05) is 0 Å². The number of benzene rings is 2. The Balaban J connectivity index is 1.98. The fraction of sp³-hybridized carbons (Fsp3) is 0.500. The molecule has 2 heteroatoms. The van der Waals surface area contributed by atoms with Gasteiger partial charge in [0.2, 0.25) is 0 Å². The van der Waals surface area contributed by atoms with Crippen LogP contribution in [-0.2, 0) is 17.7 Å². The fourth-order valence-electron chi connectivity index (χ4n) is 7.85. The molecule has 0 aromatic heterocycles. The molecule has 161 valence electrons. The second-order valence-corrected chi connectivity index (χ2v) is 65.6. The predicted molar refractivity (Wildman–Crippen MR) is 135 cm³/mol. The third kappa shape index (κ3) is 3.07. The van der Waals surface area contributed by atoms with Crippen LogP contribution < -0.4 is 0 Å². The molecule has 1 saturated carbocycles. The summed E-state index contributed by atoms with van der Waals surface area (Å²) in [5.41, 5.74) is 6.25. The van der Waals surface area contributed by atoms with Gasteiger partial charge in [-0.2, -0.15) is 0 Å². The Kier molecular flexibility index (Phi) is 5.76. The quantitative estimate of drug-likeness (QED) is 0.317. The third-order valence-electron chi connectivity index (χ3n) is 10.4. The number of fused-ring (bicyclic) bond motifs is 1. The van der Waals surface area contributed by atoms with Gasteiger partial charge in [0.1, 0.15) is 0 Å². The molecule has 0 radical (unpaired) electrons. The van der Waals surface area contributed by atoms with E-state index in [0.29, 0.717) is 3.67 Å². The molecule has 5 unspecified atom stereocenters. The summed E-state index contributed by atoms with van der Waals surface area (Å²) in [5.74, 6) is 2.48. The first kappa shape index (κ1) is 22.5. The zero-order valence-electron chi connectivity index (χ0n) is 20.3. The molecular weight excluding hydrogens is 543 g/mol. The molecule has 0 spiro atoms. The van der Waals surface area contributed by atoms with Crippen molar-refractivity contribution in [2.24, 2.45) is 23.7 Å². The van der Waals surface area contributed by atoms with Gasteiger partial charge in [-0.3, -0.25) is 0 Å². The summed E-state index contributed by atoms with van der Waals surface area (Å²) in [7, 11) is 0. The first-order valence-corrected chi connectivity index (χ1v) is 32.6. The van der Waals surface area contributed by atoms with Gasteiger partial charge in [-0.25, -0.2) is 0 Å². The Hall–Kier alpha value is -0.733. The van der Waals surface area contributed by atoms with Crippen molar-refractivity contribution >= 4 is 17.6 Å². The standard InChI is InChI=1S/C15H11.C9H17.C2H7Si.2CH3.Hf/c1-2-6-12(7-3-1)15-10-13-8-4-5-9-14(13)11-15;1-6-5-7(2)9(4)8(6)3;1-3-2;;;/h1-11H;5-9H,1-4H3;3H,1-2H3;2*1H3;. The molecule has 0 saturated heterocycles. The van der Waals surface area contributed by atoms with Crippen LogP contribution in [0.4, 0.5) is 0 Å². The minimum absolute atomic E-state index is 0.680. The summed E-state index contributed by atoms with van der Waals surface area (Å²) in [6.07, 6.45) is 2.56. The zero-order chi connectivity index (χ0) is 21.9. The molecule has 2 aliphatic rings. The first-order valence-electron chi connectivity index (χ1n) is 12.1. The normalized spacial score (nSPS) is 32.6. The Morgan fingerprint density at radius 2 is 1.23 bits per heavy atom. The molecule has 0 bridgehead atoms. The van der Waals surface area contributed by atoms with E-state index < -0.39 is 23.7 Å². The van der Waals surface area contributed by atoms with E-state index in [-0.39, 0.29) is 0 Å². The summed E-state index contributed by atoms with van der Waals surface area (Å²) in [5, 5.41) is 0. The van der Waals surface area contributed by atoms with E-state index in [1.165, 1.54) is 11.1 Å².